The average Bonchev–Trinajstić information content (AvgIpc) is 3.15. The van der Waals surface area contributed by atoms with Crippen molar-refractivity contribution in [3.05, 3.63) is 69.0 Å². The third-order valence-electron chi connectivity index (χ3n) is 4.95. The van der Waals surface area contributed by atoms with Gasteiger partial charge in [-0.1, -0.05) is 22.8 Å². The highest BCUT2D eigenvalue weighted by molar-refractivity contribution is 6.30. The van der Waals surface area contributed by atoms with Gasteiger partial charge in [0.05, 0.1) is 29.0 Å². The number of nitrogens with zero attached hydrogens (tertiary/aromatic N) is 1. The number of carbonyl (C=O) groups excluding carboxylic acids is 1. The molecule has 0 saturated carbocycles. The maximum atomic E-state index is 14.1. The van der Waals surface area contributed by atoms with Crippen LogP contribution in [0.3, 0.4) is 0 Å². The molecule has 0 spiro atoms. The zero-order valence-electron chi connectivity index (χ0n) is 16.3. The average molecular weight is 484 g/mol. The molecular formula is C20H13ClF7NO3. The standard InChI is InChI=1S/C20H13ClF7NO3/c1-9-5-10(3-4-12(9)17(30)31-2)15-8-18(32-29-15,20(26,27)28)11-6-13(19(23,24)25)16(22)14(21)7-11/h3-7H,8H2,1-2H3. The summed E-state index contributed by atoms with van der Waals surface area (Å²) in [5.74, 6) is -2.56. The van der Waals surface area contributed by atoms with Crippen LogP contribution in [0.2, 0.25) is 5.02 Å². The van der Waals surface area contributed by atoms with Gasteiger partial charge in [-0.25, -0.2) is 9.18 Å². The van der Waals surface area contributed by atoms with Gasteiger partial charge in [0.25, 0.3) is 5.60 Å². The molecule has 2 aromatic rings. The number of carbonyl (C=O) groups is 1. The minimum Gasteiger partial charge on any atom is -0.465 e. The molecule has 0 aromatic heterocycles. The van der Waals surface area contributed by atoms with Gasteiger partial charge in [0, 0.05) is 12.0 Å². The number of alkyl halides is 6. The zero-order valence-corrected chi connectivity index (χ0v) is 17.0. The van der Waals surface area contributed by atoms with Crippen LogP contribution in [0.5, 0.6) is 0 Å². The number of ether oxygens (including phenoxy) is 1. The molecule has 1 heterocycles. The number of rotatable bonds is 3. The Hall–Kier alpha value is -2.82. The zero-order chi connectivity index (χ0) is 24.1. The topological polar surface area (TPSA) is 47.9 Å². The Balaban J connectivity index is 2.08. The third-order valence-corrected chi connectivity index (χ3v) is 5.23. The van der Waals surface area contributed by atoms with Crippen molar-refractivity contribution < 1.29 is 45.1 Å². The number of benzene rings is 2. The maximum absolute atomic E-state index is 14.1. The summed E-state index contributed by atoms with van der Waals surface area (Å²) in [4.78, 5) is 16.4. The Morgan fingerprint density at radius 3 is 2.34 bits per heavy atom. The van der Waals surface area contributed by atoms with E-state index in [-0.39, 0.29) is 22.9 Å². The molecule has 3 rings (SSSR count). The van der Waals surface area contributed by atoms with E-state index >= 15 is 0 Å². The lowest BCUT2D eigenvalue weighted by Crippen LogP contribution is -2.43. The Bertz CT molecular complexity index is 1110. The maximum Gasteiger partial charge on any atom is 0.435 e. The summed E-state index contributed by atoms with van der Waals surface area (Å²) >= 11 is 5.47. The third kappa shape index (κ3) is 4.01. The molecule has 0 radical (unpaired) electrons. The van der Waals surface area contributed by atoms with Crippen LogP contribution in [-0.2, 0) is 21.4 Å². The van der Waals surface area contributed by atoms with Gasteiger partial charge in [-0.15, -0.1) is 0 Å². The van der Waals surface area contributed by atoms with Gasteiger partial charge in [0.1, 0.15) is 0 Å². The lowest BCUT2D eigenvalue weighted by atomic mass is 9.85. The van der Waals surface area contributed by atoms with Crippen LogP contribution in [0.4, 0.5) is 30.7 Å². The van der Waals surface area contributed by atoms with Crippen molar-refractivity contribution >= 4 is 23.3 Å². The number of esters is 1. The van der Waals surface area contributed by atoms with Gasteiger partial charge >= 0.3 is 18.3 Å². The van der Waals surface area contributed by atoms with Gasteiger partial charge in [-0.3, -0.25) is 0 Å². The lowest BCUT2D eigenvalue weighted by Gasteiger charge is -2.30. The van der Waals surface area contributed by atoms with Crippen molar-refractivity contribution in [2.24, 2.45) is 5.16 Å². The summed E-state index contributed by atoms with van der Waals surface area (Å²) < 4.78 is 100. The minimum atomic E-state index is -5.29. The SMILES string of the molecule is COC(=O)c1ccc(C2=NOC(c3cc(Cl)c(F)c(C(F)(F)F)c3)(C(F)(F)F)C2)cc1C. The van der Waals surface area contributed by atoms with Crippen molar-refractivity contribution in [3.63, 3.8) is 0 Å². The number of hydrogen-bond donors (Lipinski definition) is 0. The molecule has 0 bridgehead atoms. The molecule has 1 unspecified atom stereocenters. The van der Waals surface area contributed by atoms with E-state index in [4.69, 9.17) is 11.6 Å². The van der Waals surface area contributed by atoms with Crippen LogP contribution < -0.4 is 0 Å². The quantitative estimate of drug-likeness (QED) is 0.387. The van der Waals surface area contributed by atoms with E-state index in [9.17, 15) is 35.5 Å². The van der Waals surface area contributed by atoms with Gasteiger partial charge in [0.15, 0.2) is 5.82 Å². The fourth-order valence-electron chi connectivity index (χ4n) is 3.27. The normalized spacial score (nSPS) is 18.9. The van der Waals surface area contributed by atoms with E-state index in [1.165, 1.54) is 25.1 Å². The minimum absolute atomic E-state index is 0.0127. The summed E-state index contributed by atoms with van der Waals surface area (Å²) in [5.41, 5.74) is -5.90. The Morgan fingerprint density at radius 1 is 1.16 bits per heavy atom. The van der Waals surface area contributed by atoms with Crippen molar-refractivity contribution in [2.45, 2.75) is 31.3 Å². The second kappa shape index (κ2) is 7.95. The molecule has 2 aromatic carbocycles. The van der Waals surface area contributed by atoms with Crippen LogP contribution in [0, 0.1) is 12.7 Å². The molecule has 32 heavy (non-hydrogen) atoms. The summed E-state index contributed by atoms with van der Waals surface area (Å²) in [6.07, 6.45) is -11.5. The molecule has 1 aliphatic heterocycles. The first-order chi connectivity index (χ1) is 14.7. The fourth-order valence-corrected chi connectivity index (χ4v) is 3.49. The number of methoxy groups -OCH3 is 1. The summed E-state index contributed by atoms with van der Waals surface area (Å²) in [7, 11) is 1.16. The first-order valence-electron chi connectivity index (χ1n) is 8.79. The van der Waals surface area contributed by atoms with E-state index in [0.717, 1.165) is 7.11 Å². The fraction of sp³-hybridized carbons (Fsp3) is 0.300. The molecule has 0 aliphatic carbocycles. The molecule has 1 aliphatic rings. The highest BCUT2D eigenvalue weighted by atomic mass is 35.5. The number of oxime groups is 1. The largest absolute Gasteiger partial charge is 0.465 e. The number of aryl methyl sites for hydroxylation is 1. The van der Waals surface area contributed by atoms with Crippen LogP contribution in [0.15, 0.2) is 35.5 Å². The first-order valence-corrected chi connectivity index (χ1v) is 9.17. The molecule has 0 N–H and O–H groups in total. The van der Waals surface area contributed by atoms with Gasteiger partial charge < -0.3 is 9.57 Å². The molecule has 1 atom stereocenters. The molecule has 0 fully saturated rings. The van der Waals surface area contributed by atoms with E-state index in [1.807, 2.05) is 0 Å². The first kappa shape index (κ1) is 23.8. The van der Waals surface area contributed by atoms with Crippen molar-refractivity contribution in [1.82, 2.24) is 0 Å². The Kier molecular flexibility index (Phi) is 5.92. The van der Waals surface area contributed by atoms with Gasteiger partial charge in [0.2, 0.25) is 0 Å². The predicted molar refractivity (Wildman–Crippen MR) is 98.9 cm³/mol. The Morgan fingerprint density at radius 2 is 1.81 bits per heavy atom. The molecule has 4 nitrogen and oxygen atoms in total. The van der Waals surface area contributed by atoms with Crippen LogP contribution in [-0.4, -0.2) is 25.0 Å². The Labute approximate surface area is 181 Å². The molecule has 12 heteroatoms. The van der Waals surface area contributed by atoms with E-state index in [1.54, 1.807) is 0 Å². The van der Waals surface area contributed by atoms with Gasteiger partial charge in [-0.2, -0.15) is 26.3 Å². The second-order valence-electron chi connectivity index (χ2n) is 6.97. The second-order valence-corrected chi connectivity index (χ2v) is 7.38. The van der Waals surface area contributed by atoms with Crippen molar-refractivity contribution in [1.29, 1.82) is 0 Å². The lowest BCUT2D eigenvalue weighted by molar-refractivity contribution is -0.276. The molecule has 0 amide bonds. The number of halogens is 8. The molecule has 0 saturated heterocycles. The summed E-state index contributed by atoms with van der Waals surface area (Å²) in [5, 5.41) is 2.30. The van der Waals surface area contributed by atoms with E-state index in [2.05, 4.69) is 14.7 Å². The predicted octanol–water partition coefficient (Wildman–Crippen LogP) is 6.18. The smallest absolute Gasteiger partial charge is 0.435 e. The highest BCUT2D eigenvalue weighted by Gasteiger charge is 2.63. The summed E-state index contributed by atoms with van der Waals surface area (Å²) in [6, 6.07) is 4.41. The monoisotopic (exact) mass is 483 g/mol. The van der Waals surface area contributed by atoms with Crippen LogP contribution in [0.25, 0.3) is 0 Å². The van der Waals surface area contributed by atoms with Crippen molar-refractivity contribution in [2.75, 3.05) is 7.11 Å². The van der Waals surface area contributed by atoms with E-state index < -0.39 is 52.3 Å². The van der Waals surface area contributed by atoms with Crippen LogP contribution in [0.1, 0.15) is 39.0 Å². The van der Waals surface area contributed by atoms with Gasteiger partial charge in [-0.05, 0) is 42.3 Å². The molecular weight excluding hydrogens is 471 g/mol. The van der Waals surface area contributed by atoms with Crippen molar-refractivity contribution in [3.8, 4) is 0 Å². The summed E-state index contributed by atoms with van der Waals surface area (Å²) in [6.45, 7) is 1.51. The van der Waals surface area contributed by atoms with Crippen LogP contribution >= 0.6 is 11.6 Å². The molecule has 172 valence electrons. The number of hydrogen-bond acceptors (Lipinski definition) is 4. The highest BCUT2D eigenvalue weighted by Crippen LogP contribution is 2.50. The van der Waals surface area contributed by atoms with E-state index in [0.29, 0.717) is 11.6 Å².